The second-order valence-electron chi connectivity index (χ2n) is 5.45. The van der Waals surface area contributed by atoms with Crippen molar-refractivity contribution in [2.45, 2.75) is 31.8 Å². The van der Waals surface area contributed by atoms with Gasteiger partial charge in [0.2, 0.25) is 0 Å². The van der Waals surface area contributed by atoms with Gasteiger partial charge in [0, 0.05) is 5.56 Å². The molecule has 1 saturated carbocycles. The van der Waals surface area contributed by atoms with E-state index in [1.165, 1.54) is 26.1 Å². The third-order valence-electron chi connectivity index (χ3n) is 3.85. The van der Waals surface area contributed by atoms with E-state index < -0.39 is 5.97 Å². The maximum Gasteiger partial charge on any atom is 0.358 e. The number of hydrogen-bond donors (Lipinski definition) is 0. The zero-order chi connectivity index (χ0) is 16.2. The second kappa shape index (κ2) is 6.96. The summed E-state index contributed by atoms with van der Waals surface area (Å²) < 4.78 is 10.6. The summed E-state index contributed by atoms with van der Waals surface area (Å²) in [7, 11) is 1.30. The molecule has 0 amide bonds. The molecule has 0 radical (unpaired) electrons. The number of benzene rings is 1. The van der Waals surface area contributed by atoms with Gasteiger partial charge in [0.15, 0.2) is 5.69 Å². The number of hydrogen-bond acceptors (Lipinski definition) is 5. The third kappa shape index (κ3) is 3.62. The Morgan fingerprint density at radius 3 is 2.74 bits per heavy atom. The van der Waals surface area contributed by atoms with E-state index in [1.807, 2.05) is 12.1 Å². The summed E-state index contributed by atoms with van der Waals surface area (Å²) in [6.45, 7) is 0. The molecule has 1 aliphatic carbocycles. The molecule has 0 unspecified atom stereocenters. The lowest BCUT2D eigenvalue weighted by Gasteiger charge is -2.14. The molecule has 0 bridgehead atoms. The summed E-state index contributed by atoms with van der Waals surface area (Å²) in [6, 6.07) is 5.48. The normalized spacial score (nSPS) is 14.7. The van der Waals surface area contributed by atoms with E-state index in [9.17, 15) is 4.79 Å². The van der Waals surface area contributed by atoms with Crippen LogP contribution in [0.4, 0.5) is 0 Å². The fraction of sp³-hybridized carbons (Fsp3) is 0.353. The van der Waals surface area contributed by atoms with E-state index in [2.05, 4.69) is 14.7 Å². The van der Waals surface area contributed by atoms with Crippen LogP contribution in [0, 0.1) is 0 Å². The first kappa shape index (κ1) is 15.7. The molecule has 1 heterocycles. The maximum absolute atomic E-state index is 11.6. The molecule has 5 nitrogen and oxygen atoms in total. The number of carbonyl (C=O) groups excluding carboxylic acids is 1. The van der Waals surface area contributed by atoms with Crippen LogP contribution in [-0.2, 0) is 4.74 Å². The molecule has 120 valence electrons. The van der Waals surface area contributed by atoms with Gasteiger partial charge in [-0.3, -0.25) is 4.98 Å². The second-order valence-corrected chi connectivity index (χ2v) is 5.85. The van der Waals surface area contributed by atoms with E-state index in [0.29, 0.717) is 16.3 Å². The van der Waals surface area contributed by atoms with Crippen LogP contribution in [0.15, 0.2) is 30.6 Å². The highest BCUT2D eigenvalue weighted by atomic mass is 35.5. The van der Waals surface area contributed by atoms with Crippen molar-refractivity contribution in [1.29, 1.82) is 0 Å². The van der Waals surface area contributed by atoms with E-state index in [1.54, 1.807) is 12.3 Å². The zero-order valence-electron chi connectivity index (χ0n) is 12.8. The Bertz CT molecular complexity index is 715. The molecule has 2 aromatic rings. The van der Waals surface area contributed by atoms with E-state index in [0.717, 1.165) is 18.6 Å². The number of aromatic nitrogens is 2. The van der Waals surface area contributed by atoms with Crippen molar-refractivity contribution >= 4 is 17.6 Å². The number of halogens is 1. The monoisotopic (exact) mass is 332 g/mol. The number of carbonyl (C=O) groups is 1. The van der Waals surface area contributed by atoms with Crippen LogP contribution in [0.5, 0.6) is 5.75 Å². The molecule has 0 N–H and O–H groups in total. The quantitative estimate of drug-likeness (QED) is 0.794. The fourth-order valence-electron chi connectivity index (χ4n) is 2.67. The van der Waals surface area contributed by atoms with Crippen LogP contribution in [-0.4, -0.2) is 29.2 Å². The molecule has 0 saturated heterocycles. The Morgan fingerprint density at radius 1 is 1.26 bits per heavy atom. The van der Waals surface area contributed by atoms with Crippen LogP contribution in [0.2, 0.25) is 5.02 Å². The maximum atomic E-state index is 11.6. The summed E-state index contributed by atoms with van der Waals surface area (Å²) in [6.07, 6.45) is 7.81. The molecule has 0 spiro atoms. The van der Waals surface area contributed by atoms with Crippen LogP contribution >= 0.6 is 11.6 Å². The van der Waals surface area contributed by atoms with Crippen molar-refractivity contribution in [3.63, 3.8) is 0 Å². The average molecular weight is 333 g/mol. The van der Waals surface area contributed by atoms with Gasteiger partial charge in [-0.05, 0) is 43.9 Å². The van der Waals surface area contributed by atoms with E-state index >= 15 is 0 Å². The van der Waals surface area contributed by atoms with E-state index in [4.69, 9.17) is 16.3 Å². The highest BCUT2D eigenvalue weighted by molar-refractivity contribution is 6.33. The molecule has 1 aromatic carbocycles. The van der Waals surface area contributed by atoms with Crippen molar-refractivity contribution in [1.82, 2.24) is 9.97 Å². The zero-order valence-corrected chi connectivity index (χ0v) is 13.5. The minimum atomic E-state index is -0.531. The number of rotatable bonds is 4. The van der Waals surface area contributed by atoms with Gasteiger partial charge in [-0.1, -0.05) is 11.6 Å². The molecule has 3 rings (SSSR count). The summed E-state index contributed by atoms with van der Waals surface area (Å²) >= 11 is 6.35. The van der Waals surface area contributed by atoms with Gasteiger partial charge in [-0.2, -0.15) is 0 Å². The van der Waals surface area contributed by atoms with Crippen LogP contribution in [0.25, 0.3) is 11.3 Å². The Balaban J connectivity index is 1.84. The summed E-state index contributed by atoms with van der Waals surface area (Å²) in [5, 5.41) is 0.511. The highest BCUT2D eigenvalue weighted by Crippen LogP contribution is 2.32. The van der Waals surface area contributed by atoms with Gasteiger partial charge in [-0.25, -0.2) is 9.78 Å². The first-order chi connectivity index (χ1) is 11.2. The molecule has 23 heavy (non-hydrogen) atoms. The van der Waals surface area contributed by atoms with Crippen molar-refractivity contribution in [3.8, 4) is 17.0 Å². The Morgan fingerprint density at radius 2 is 2.04 bits per heavy atom. The number of ether oxygens (including phenoxy) is 2. The number of nitrogens with zero attached hydrogens (tertiary/aromatic N) is 2. The first-order valence-corrected chi connectivity index (χ1v) is 7.92. The number of methoxy groups -OCH3 is 1. The molecule has 0 atom stereocenters. The highest BCUT2D eigenvalue weighted by Gasteiger charge is 2.17. The van der Waals surface area contributed by atoms with Gasteiger partial charge in [0.05, 0.1) is 36.3 Å². The van der Waals surface area contributed by atoms with Gasteiger partial charge in [0.25, 0.3) is 0 Å². The predicted octanol–water partition coefficient (Wildman–Crippen LogP) is 3.91. The van der Waals surface area contributed by atoms with Crippen molar-refractivity contribution in [2.24, 2.45) is 0 Å². The van der Waals surface area contributed by atoms with Crippen molar-refractivity contribution in [2.75, 3.05) is 7.11 Å². The minimum Gasteiger partial charge on any atom is -0.490 e. The van der Waals surface area contributed by atoms with Gasteiger partial charge < -0.3 is 9.47 Å². The van der Waals surface area contributed by atoms with E-state index in [-0.39, 0.29) is 11.8 Å². The van der Waals surface area contributed by atoms with Gasteiger partial charge in [0.1, 0.15) is 5.75 Å². The van der Waals surface area contributed by atoms with Crippen molar-refractivity contribution < 1.29 is 14.3 Å². The lowest BCUT2D eigenvalue weighted by atomic mass is 10.1. The standard InChI is InChI=1S/C17H17ClN2O3/c1-22-17(21)16-10-19-9-15(20-16)13-7-6-12(8-14(13)18)23-11-4-2-3-5-11/h6-11H,2-5H2,1H3. The third-order valence-corrected chi connectivity index (χ3v) is 4.16. The Labute approximate surface area is 139 Å². The smallest absolute Gasteiger partial charge is 0.358 e. The summed E-state index contributed by atoms with van der Waals surface area (Å²) in [5.41, 5.74) is 1.36. The van der Waals surface area contributed by atoms with Gasteiger partial charge >= 0.3 is 5.97 Å². The largest absolute Gasteiger partial charge is 0.490 e. The Hall–Kier alpha value is -2.14. The van der Waals surface area contributed by atoms with Crippen LogP contribution in [0.1, 0.15) is 36.2 Å². The summed E-state index contributed by atoms with van der Waals surface area (Å²) in [4.78, 5) is 19.8. The topological polar surface area (TPSA) is 61.3 Å². The lowest BCUT2D eigenvalue weighted by molar-refractivity contribution is 0.0593. The lowest BCUT2D eigenvalue weighted by Crippen LogP contribution is -2.10. The molecule has 1 fully saturated rings. The minimum absolute atomic E-state index is 0.146. The molecular weight excluding hydrogens is 316 g/mol. The van der Waals surface area contributed by atoms with Crippen LogP contribution in [0.3, 0.4) is 0 Å². The first-order valence-electron chi connectivity index (χ1n) is 7.54. The number of esters is 1. The Kier molecular flexibility index (Phi) is 4.76. The molecule has 1 aliphatic rings. The molecule has 6 heteroatoms. The SMILES string of the molecule is COC(=O)c1cncc(-c2ccc(OC3CCCC3)cc2Cl)n1. The average Bonchev–Trinajstić information content (AvgIpc) is 3.07. The van der Waals surface area contributed by atoms with Crippen molar-refractivity contribution in [3.05, 3.63) is 41.3 Å². The van der Waals surface area contributed by atoms with Gasteiger partial charge in [-0.15, -0.1) is 0 Å². The molecule has 1 aromatic heterocycles. The summed E-state index contributed by atoms with van der Waals surface area (Å²) in [5.74, 6) is 0.222. The molecule has 0 aliphatic heterocycles. The predicted molar refractivity (Wildman–Crippen MR) is 86.7 cm³/mol. The molecular formula is C17H17ClN2O3. The fourth-order valence-corrected chi connectivity index (χ4v) is 2.94. The van der Waals surface area contributed by atoms with Crippen LogP contribution < -0.4 is 4.74 Å².